The SMILES string of the molecule is C/C=C/CN1CC2(CCCC2)NCC1Cc1ccccc1. The van der Waals surface area contributed by atoms with Crippen molar-refractivity contribution in [1.82, 2.24) is 10.2 Å². The molecule has 1 aliphatic heterocycles. The normalized spacial score (nSPS) is 25.9. The summed E-state index contributed by atoms with van der Waals surface area (Å²) in [7, 11) is 0. The van der Waals surface area contributed by atoms with E-state index >= 15 is 0 Å². The molecular weight excluding hydrogens is 256 g/mol. The molecule has 1 atom stereocenters. The van der Waals surface area contributed by atoms with E-state index in [9.17, 15) is 0 Å². The van der Waals surface area contributed by atoms with Crippen LogP contribution in [0.15, 0.2) is 42.5 Å². The van der Waals surface area contributed by atoms with Crippen molar-refractivity contribution in [2.45, 2.75) is 50.6 Å². The molecule has 1 heterocycles. The Morgan fingerprint density at radius 3 is 2.71 bits per heavy atom. The predicted octanol–water partition coefficient (Wildman–Crippen LogP) is 3.39. The summed E-state index contributed by atoms with van der Waals surface area (Å²) in [5, 5.41) is 3.91. The summed E-state index contributed by atoms with van der Waals surface area (Å²) in [6.07, 6.45) is 11.2. The second-order valence-corrected chi connectivity index (χ2v) is 6.71. The average Bonchev–Trinajstić information content (AvgIpc) is 2.97. The summed E-state index contributed by atoms with van der Waals surface area (Å²) in [5.41, 5.74) is 1.87. The van der Waals surface area contributed by atoms with E-state index in [-0.39, 0.29) is 0 Å². The summed E-state index contributed by atoms with van der Waals surface area (Å²) in [5.74, 6) is 0. The highest BCUT2D eigenvalue weighted by atomic mass is 15.3. The van der Waals surface area contributed by atoms with Crippen molar-refractivity contribution < 1.29 is 0 Å². The van der Waals surface area contributed by atoms with Crippen LogP contribution in [-0.4, -0.2) is 36.1 Å². The largest absolute Gasteiger partial charge is 0.308 e. The molecule has 114 valence electrons. The number of nitrogens with one attached hydrogen (secondary N) is 1. The maximum absolute atomic E-state index is 3.91. The lowest BCUT2D eigenvalue weighted by atomic mass is 9.90. The second kappa shape index (κ2) is 6.76. The minimum Gasteiger partial charge on any atom is -0.308 e. The number of allylic oxidation sites excluding steroid dienone is 1. The Balaban J connectivity index is 1.69. The molecule has 0 amide bonds. The number of rotatable bonds is 4. The smallest absolute Gasteiger partial charge is 0.0309 e. The zero-order chi connectivity index (χ0) is 14.5. The monoisotopic (exact) mass is 284 g/mol. The average molecular weight is 284 g/mol. The van der Waals surface area contributed by atoms with Crippen molar-refractivity contribution in [3.8, 4) is 0 Å². The highest BCUT2D eigenvalue weighted by Gasteiger charge is 2.40. The van der Waals surface area contributed by atoms with Crippen LogP contribution in [0.2, 0.25) is 0 Å². The fourth-order valence-corrected chi connectivity index (χ4v) is 3.97. The molecule has 0 radical (unpaired) electrons. The van der Waals surface area contributed by atoms with Crippen LogP contribution in [0, 0.1) is 0 Å². The fourth-order valence-electron chi connectivity index (χ4n) is 3.97. The first-order valence-corrected chi connectivity index (χ1v) is 8.45. The van der Waals surface area contributed by atoms with Gasteiger partial charge in [-0.15, -0.1) is 0 Å². The zero-order valence-electron chi connectivity index (χ0n) is 13.2. The molecule has 2 fully saturated rings. The molecule has 2 aliphatic rings. The van der Waals surface area contributed by atoms with Crippen LogP contribution in [0.5, 0.6) is 0 Å². The van der Waals surface area contributed by atoms with Gasteiger partial charge in [0.1, 0.15) is 0 Å². The molecule has 3 rings (SSSR count). The molecule has 1 spiro atoms. The van der Waals surface area contributed by atoms with Crippen LogP contribution in [0.1, 0.15) is 38.2 Å². The minimum absolute atomic E-state index is 0.411. The van der Waals surface area contributed by atoms with Gasteiger partial charge in [-0.25, -0.2) is 0 Å². The third-order valence-corrected chi connectivity index (χ3v) is 5.19. The summed E-state index contributed by atoms with van der Waals surface area (Å²) in [4.78, 5) is 2.70. The topological polar surface area (TPSA) is 15.3 Å². The highest BCUT2D eigenvalue weighted by molar-refractivity contribution is 5.17. The van der Waals surface area contributed by atoms with Crippen molar-refractivity contribution in [1.29, 1.82) is 0 Å². The van der Waals surface area contributed by atoms with Gasteiger partial charge >= 0.3 is 0 Å². The first kappa shape index (κ1) is 14.8. The summed E-state index contributed by atoms with van der Waals surface area (Å²) in [6, 6.07) is 11.5. The van der Waals surface area contributed by atoms with Gasteiger partial charge in [-0.3, -0.25) is 4.90 Å². The number of nitrogens with zero attached hydrogens (tertiary/aromatic N) is 1. The molecule has 1 saturated heterocycles. The van der Waals surface area contributed by atoms with Crippen LogP contribution in [0.3, 0.4) is 0 Å². The lowest BCUT2D eigenvalue weighted by Crippen LogP contribution is -2.63. The van der Waals surface area contributed by atoms with E-state index in [2.05, 4.69) is 59.6 Å². The van der Waals surface area contributed by atoms with E-state index in [1.165, 1.54) is 37.8 Å². The Labute approximate surface area is 129 Å². The Morgan fingerprint density at radius 1 is 1.24 bits per heavy atom. The summed E-state index contributed by atoms with van der Waals surface area (Å²) >= 11 is 0. The first-order chi connectivity index (χ1) is 10.3. The van der Waals surface area contributed by atoms with Gasteiger partial charge in [0.25, 0.3) is 0 Å². The van der Waals surface area contributed by atoms with Crippen LogP contribution >= 0.6 is 0 Å². The number of piperazine rings is 1. The first-order valence-electron chi connectivity index (χ1n) is 8.45. The van der Waals surface area contributed by atoms with Crippen molar-refractivity contribution in [2.24, 2.45) is 0 Å². The number of hydrogen-bond donors (Lipinski definition) is 1. The van der Waals surface area contributed by atoms with E-state index in [4.69, 9.17) is 0 Å². The summed E-state index contributed by atoms with van der Waals surface area (Å²) in [6.45, 7) is 5.57. The quantitative estimate of drug-likeness (QED) is 0.853. The third kappa shape index (κ3) is 3.56. The molecule has 21 heavy (non-hydrogen) atoms. The van der Waals surface area contributed by atoms with E-state index < -0.39 is 0 Å². The Hall–Kier alpha value is -1.12. The molecular formula is C19H28N2. The maximum atomic E-state index is 3.91. The van der Waals surface area contributed by atoms with Crippen LogP contribution in [0.25, 0.3) is 0 Å². The molecule has 2 heteroatoms. The molecule has 0 bridgehead atoms. The van der Waals surface area contributed by atoms with Crippen LogP contribution in [-0.2, 0) is 6.42 Å². The van der Waals surface area contributed by atoms with E-state index in [0.717, 1.165) is 19.5 Å². The third-order valence-electron chi connectivity index (χ3n) is 5.19. The van der Waals surface area contributed by atoms with Crippen LogP contribution in [0.4, 0.5) is 0 Å². The van der Waals surface area contributed by atoms with Gasteiger partial charge in [-0.1, -0.05) is 55.3 Å². The van der Waals surface area contributed by atoms with Crippen molar-refractivity contribution in [3.63, 3.8) is 0 Å². The maximum Gasteiger partial charge on any atom is 0.0309 e. The molecule has 1 saturated carbocycles. The number of hydrogen-bond acceptors (Lipinski definition) is 2. The fraction of sp³-hybridized carbons (Fsp3) is 0.579. The van der Waals surface area contributed by atoms with Gasteiger partial charge in [0.15, 0.2) is 0 Å². The van der Waals surface area contributed by atoms with E-state index in [0.29, 0.717) is 11.6 Å². The lowest BCUT2D eigenvalue weighted by molar-refractivity contribution is 0.0913. The van der Waals surface area contributed by atoms with Gasteiger partial charge in [0.2, 0.25) is 0 Å². The molecule has 2 nitrogen and oxygen atoms in total. The molecule has 1 unspecified atom stereocenters. The van der Waals surface area contributed by atoms with Crippen molar-refractivity contribution in [3.05, 3.63) is 48.0 Å². The Bertz CT molecular complexity index is 460. The Kier molecular flexibility index (Phi) is 4.77. The van der Waals surface area contributed by atoms with Crippen molar-refractivity contribution in [2.75, 3.05) is 19.6 Å². The molecule has 1 aromatic carbocycles. The predicted molar refractivity (Wildman–Crippen MR) is 89.5 cm³/mol. The highest BCUT2D eigenvalue weighted by Crippen LogP contribution is 2.33. The minimum atomic E-state index is 0.411. The number of benzene rings is 1. The van der Waals surface area contributed by atoms with Gasteiger partial charge in [0, 0.05) is 31.2 Å². The summed E-state index contributed by atoms with van der Waals surface area (Å²) < 4.78 is 0. The molecule has 1 N–H and O–H groups in total. The van der Waals surface area contributed by atoms with Gasteiger partial charge in [-0.05, 0) is 31.7 Å². The van der Waals surface area contributed by atoms with E-state index in [1.54, 1.807) is 0 Å². The van der Waals surface area contributed by atoms with Gasteiger partial charge in [-0.2, -0.15) is 0 Å². The lowest BCUT2D eigenvalue weighted by Gasteiger charge is -2.46. The zero-order valence-corrected chi connectivity index (χ0v) is 13.2. The second-order valence-electron chi connectivity index (χ2n) is 6.71. The van der Waals surface area contributed by atoms with Crippen molar-refractivity contribution >= 4 is 0 Å². The van der Waals surface area contributed by atoms with E-state index in [1.807, 2.05) is 0 Å². The van der Waals surface area contributed by atoms with Crippen LogP contribution < -0.4 is 5.32 Å². The molecule has 1 aliphatic carbocycles. The standard InChI is InChI=1S/C19H28N2/c1-2-3-13-21-16-19(11-7-8-12-19)20-15-18(21)14-17-9-5-4-6-10-17/h2-6,9-10,18,20H,7-8,11-16H2,1H3/b3-2+. The van der Waals surface area contributed by atoms with Gasteiger partial charge < -0.3 is 5.32 Å². The molecule has 0 aromatic heterocycles. The Morgan fingerprint density at radius 2 is 2.00 bits per heavy atom. The van der Waals surface area contributed by atoms with Gasteiger partial charge in [0.05, 0.1) is 0 Å². The molecule has 1 aromatic rings.